The van der Waals surface area contributed by atoms with Crippen LogP contribution >= 0.6 is 15.9 Å². The minimum Gasteiger partial charge on any atom is -0.342 e. The number of fused-ring (bicyclic) bond motifs is 1. The molecule has 2 heterocycles. The number of urea groups is 1. The van der Waals surface area contributed by atoms with E-state index in [1.807, 2.05) is 72.9 Å². The maximum absolute atomic E-state index is 13.0. The van der Waals surface area contributed by atoms with Crippen LogP contribution in [0.25, 0.3) is 17.0 Å². The number of nitriles is 1. The third-order valence-corrected chi connectivity index (χ3v) is 6.34. The lowest BCUT2D eigenvalue weighted by Gasteiger charge is -2.11. The van der Waals surface area contributed by atoms with Crippen molar-refractivity contribution in [1.82, 2.24) is 14.8 Å². The second-order valence-corrected chi connectivity index (χ2v) is 8.92. The molecule has 1 fully saturated rings. The van der Waals surface area contributed by atoms with Gasteiger partial charge >= 0.3 is 6.03 Å². The molecule has 3 aromatic carbocycles. The summed E-state index contributed by atoms with van der Waals surface area (Å²) in [5.41, 5.74) is 4.44. The molecular weight excluding hydrogens is 492 g/mol. The molecule has 6 nitrogen and oxygen atoms in total. The number of hydrogen-bond acceptors (Lipinski definition) is 3. The van der Waals surface area contributed by atoms with Crippen LogP contribution in [0.3, 0.4) is 0 Å². The molecule has 34 heavy (non-hydrogen) atoms. The van der Waals surface area contributed by atoms with Crippen LogP contribution in [0.2, 0.25) is 0 Å². The number of nitrogens with zero attached hydrogens (tertiary/aromatic N) is 3. The predicted octanol–water partition coefficient (Wildman–Crippen LogP) is 5.42. The standard InChI is InChI=1S/C27H19BrN4O2/c28-22-11-9-18(10-12-22)15-32-26(33)24(30-27(32)34)13-21-17-31(25-8-4-3-7-23(21)25)16-20-6-2-1-5-19(20)14-29/h1-13,17H,15-16H2,(H,30,34)/b24-13+. The highest BCUT2D eigenvalue weighted by molar-refractivity contribution is 9.10. The lowest BCUT2D eigenvalue weighted by atomic mass is 10.1. The van der Waals surface area contributed by atoms with E-state index in [1.165, 1.54) is 4.90 Å². The largest absolute Gasteiger partial charge is 0.342 e. The van der Waals surface area contributed by atoms with Gasteiger partial charge in [0, 0.05) is 33.7 Å². The molecule has 3 amide bonds. The number of carbonyl (C=O) groups excluding carboxylic acids is 2. The molecule has 1 aromatic heterocycles. The predicted molar refractivity (Wildman–Crippen MR) is 133 cm³/mol. The molecule has 0 spiro atoms. The van der Waals surface area contributed by atoms with Crippen molar-refractivity contribution in [2.24, 2.45) is 0 Å². The molecule has 0 aliphatic carbocycles. The average Bonchev–Trinajstić information content (AvgIpc) is 3.33. The summed E-state index contributed by atoms with van der Waals surface area (Å²) in [7, 11) is 0. The van der Waals surface area contributed by atoms with Crippen molar-refractivity contribution in [3.05, 3.63) is 111 Å². The van der Waals surface area contributed by atoms with Crippen molar-refractivity contribution in [2.45, 2.75) is 13.1 Å². The smallest absolute Gasteiger partial charge is 0.329 e. The molecule has 5 rings (SSSR count). The molecular formula is C27H19BrN4O2. The van der Waals surface area contributed by atoms with Crippen LogP contribution in [0.5, 0.6) is 0 Å². The van der Waals surface area contributed by atoms with E-state index in [2.05, 4.69) is 31.9 Å². The fourth-order valence-electron chi connectivity index (χ4n) is 4.11. The van der Waals surface area contributed by atoms with Crippen LogP contribution in [0, 0.1) is 11.3 Å². The first-order valence-corrected chi connectivity index (χ1v) is 11.5. The van der Waals surface area contributed by atoms with Crippen LogP contribution in [0.4, 0.5) is 4.79 Å². The topological polar surface area (TPSA) is 78.1 Å². The zero-order valence-corrected chi connectivity index (χ0v) is 19.6. The summed E-state index contributed by atoms with van der Waals surface area (Å²) in [5.74, 6) is -0.362. The Bertz CT molecular complexity index is 1500. The number of para-hydroxylation sites is 1. The summed E-state index contributed by atoms with van der Waals surface area (Å²) in [6.07, 6.45) is 3.67. The van der Waals surface area contributed by atoms with Crippen molar-refractivity contribution in [3.8, 4) is 6.07 Å². The van der Waals surface area contributed by atoms with E-state index in [0.717, 1.165) is 32.1 Å². The van der Waals surface area contributed by atoms with E-state index >= 15 is 0 Å². The summed E-state index contributed by atoms with van der Waals surface area (Å²) in [6.45, 7) is 0.714. The molecule has 4 aromatic rings. The van der Waals surface area contributed by atoms with Crippen molar-refractivity contribution in [1.29, 1.82) is 5.26 Å². The normalized spacial score (nSPS) is 14.6. The zero-order chi connectivity index (χ0) is 23.7. The van der Waals surface area contributed by atoms with Gasteiger partial charge in [0.1, 0.15) is 5.70 Å². The highest BCUT2D eigenvalue weighted by Crippen LogP contribution is 2.26. The summed E-state index contributed by atoms with van der Waals surface area (Å²) in [4.78, 5) is 26.8. The van der Waals surface area contributed by atoms with Crippen LogP contribution in [-0.4, -0.2) is 21.4 Å². The van der Waals surface area contributed by atoms with Gasteiger partial charge in [0.25, 0.3) is 5.91 Å². The van der Waals surface area contributed by atoms with Crippen LogP contribution in [-0.2, 0) is 17.9 Å². The minimum absolute atomic E-state index is 0.196. The van der Waals surface area contributed by atoms with Gasteiger partial charge in [-0.3, -0.25) is 9.69 Å². The summed E-state index contributed by atoms with van der Waals surface area (Å²) >= 11 is 3.39. The fourth-order valence-corrected chi connectivity index (χ4v) is 4.38. The highest BCUT2D eigenvalue weighted by atomic mass is 79.9. The molecule has 1 N–H and O–H groups in total. The number of halogens is 1. The van der Waals surface area contributed by atoms with Gasteiger partial charge in [-0.05, 0) is 41.5 Å². The fraction of sp³-hybridized carbons (Fsp3) is 0.0741. The van der Waals surface area contributed by atoms with Gasteiger partial charge < -0.3 is 9.88 Å². The molecule has 0 unspecified atom stereocenters. The molecule has 0 atom stereocenters. The number of hydrogen-bond donors (Lipinski definition) is 1. The Morgan fingerprint density at radius 1 is 0.941 bits per heavy atom. The van der Waals surface area contributed by atoms with Crippen LogP contribution in [0.15, 0.2) is 89.2 Å². The minimum atomic E-state index is -0.439. The molecule has 166 valence electrons. The quantitative estimate of drug-likeness (QED) is 0.287. The van der Waals surface area contributed by atoms with Crippen LogP contribution < -0.4 is 5.32 Å². The summed E-state index contributed by atoms with van der Waals surface area (Å²) in [5, 5.41) is 13.1. The van der Waals surface area contributed by atoms with E-state index in [0.29, 0.717) is 12.1 Å². The number of aromatic nitrogens is 1. The summed E-state index contributed by atoms with van der Waals surface area (Å²) < 4.78 is 2.99. The van der Waals surface area contributed by atoms with Gasteiger partial charge in [-0.2, -0.15) is 5.26 Å². The van der Waals surface area contributed by atoms with Crippen molar-refractivity contribution < 1.29 is 9.59 Å². The molecule has 1 aliphatic heterocycles. The first kappa shape index (κ1) is 21.7. The Kier molecular flexibility index (Phi) is 5.74. The second-order valence-electron chi connectivity index (χ2n) is 8.00. The number of imide groups is 1. The average molecular weight is 511 g/mol. The molecule has 7 heteroatoms. The second kappa shape index (κ2) is 9.00. The lowest BCUT2D eigenvalue weighted by molar-refractivity contribution is -0.123. The van der Waals surface area contributed by atoms with E-state index in [1.54, 1.807) is 12.1 Å². The van der Waals surface area contributed by atoms with E-state index in [9.17, 15) is 14.9 Å². The number of rotatable bonds is 5. The van der Waals surface area contributed by atoms with Gasteiger partial charge in [-0.25, -0.2) is 4.79 Å². The Labute approximate surface area is 204 Å². The monoisotopic (exact) mass is 510 g/mol. The molecule has 0 radical (unpaired) electrons. The number of carbonyl (C=O) groups is 2. The summed E-state index contributed by atoms with van der Waals surface area (Å²) in [6, 6.07) is 24.7. The Morgan fingerprint density at radius 2 is 1.68 bits per heavy atom. The Morgan fingerprint density at radius 3 is 2.47 bits per heavy atom. The SMILES string of the molecule is N#Cc1ccccc1Cn1cc(/C=C2/NC(=O)N(Cc3ccc(Br)cc3)C2=O)c2ccccc21. The Balaban J connectivity index is 1.47. The number of amides is 3. The van der Waals surface area contributed by atoms with Crippen LogP contribution in [0.1, 0.15) is 22.3 Å². The van der Waals surface area contributed by atoms with E-state index in [-0.39, 0.29) is 18.1 Å². The first-order chi connectivity index (χ1) is 16.5. The van der Waals surface area contributed by atoms with Crippen molar-refractivity contribution in [2.75, 3.05) is 0 Å². The van der Waals surface area contributed by atoms with Crippen molar-refractivity contribution in [3.63, 3.8) is 0 Å². The third kappa shape index (κ3) is 4.12. The third-order valence-electron chi connectivity index (χ3n) is 5.81. The van der Waals surface area contributed by atoms with Gasteiger partial charge in [0.2, 0.25) is 0 Å². The zero-order valence-electron chi connectivity index (χ0n) is 18.0. The van der Waals surface area contributed by atoms with E-state index in [4.69, 9.17) is 0 Å². The highest BCUT2D eigenvalue weighted by Gasteiger charge is 2.33. The number of nitrogens with one attached hydrogen (secondary N) is 1. The molecule has 1 aliphatic rings. The maximum Gasteiger partial charge on any atom is 0.329 e. The van der Waals surface area contributed by atoms with Gasteiger partial charge in [-0.1, -0.05) is 64.5 Å². The number of benzene rings is 3. The van der Waals surface area contributed by atoms with E-state index < -0.39 is 6.03 Å². The molecule has 0 saturated carbocycles. The molecule has 0 bridgehead atoms. The Hall–Kier alpha value is -4.15. The maximum atomic E-state index is 13.0. The van der Waals surface area contributed by atoms with Crippen molar-refractivity contribution >= 4 is 44.8 Å². The van der Waals surface area contributed by atoms with Gasteiger partial charge in [0.15, 0.2) is 0 Å². The molecule has 1 saturated heterocycles. The van der Waals surface area contributed by atoms with Gasteiger partial charge in [-0.15, -0.1) is 0 Å². The van der Waals surface area contributed by atoms with Gasteiger partial charge in [0.05, 0.1) is 18.2 Å². The lowest BCUT2D eigenvalue weighted by Crippen LogP contribution is -2.30. The first-order valence-electron chi connectivity index (χ1n) is 10.7.